The molecular weight excluding hydrogens is 264 g/mol. The molecule has 0 spiro atoms. The molecule has 0 bridgehead atoms. The Labute approximate surface area is 116 Å². The minimum Gasteiger partial charge on any atom is -0.464 e. The number of hydrogen-bond donors (Lipinski definition) is 1. The smallest absolute Gasteiger partial charge is 0.331 e. The highest BCUT2D eigenvalue weighted by Gasteiger charge is 2.33. The van der Waals surface area contributed by atoms with Crippen molar-refractivity contribution in [2.45, 2.75) is 26.3 Å². The van der Waals surface area contributed by atoms with Crippen LogP contribution in [0.2, 0.25) is 0 Å². The first-order chi connectivity index (χ1) is 9.29. The van der Waals surface area contributed by atoms with Gasteiger partial charge in [0, 0.05) is 6.07 Å². The second-order valence-electron chi connectivity index (χ2n) is 4.57. The molecule has 0 fully saturated rings. The van der Waals surface area contributed by atoms with Crippen molar-refractivity contribution in [3.8, 4) is 0 Å². The van der Waals surface area contributed by atoms with E-state index in [1.54, 1.807) is 6.92 Å². The minimum atomic E-state index is -1.27. The van der Waals surface area contributed by atoms with Crippen molar-refractivity contribution in [1.29, 1.82) is 0 Å². The van der Waals surface area contributed by atoms with Crippen molar-refractivity contribution in [2.24, 2.45) is 0 Å². The number of nitro groups is 1. The zero-order chi connectivity index (χ0) is 15.3. The van der Waals surface area contributed by atoms with E-state index in [1.165, 1.54) is 38.1 Å². The second-order valence-corrected chi connectivity index (χ2v) is 4.57. The van der Waals surface area contributed by atoms with E-state index < -0.39 is 22.3 Å². The number of nitrogens with zero attached hydrogens (tertiary/aromatic N) is 1. The van der Waals surface area contributed by atoms with E-state index in [4.69, 9.17) is 4.74 Å². The molecule has 0 saturated heterocycles. The molecule has 1 rings (SSSR count). The van der Waals surface area contributed by atoms with Gasteiger partial charge < -0.3 is 10.1 Å². The van der Waals surface area contributed by atoms with Crippen LogP contribution in [0.3, 0.4) is 0 Å². The summed E-state index contributed by atoms with van der Waals surface area (Å²) in [6, 6.07) is 5.53. The van der Waals surface area contributed by atoms with Crippen LogP contribution in [0.1, 0.15) is 31.1 Å². The van der Waals surface area contributed by atoms with Crippen LogP contribution in [0, 0.1) is 10.1 Å². The third-order valence-corrected chi connectivity index (χ3v) is 2.56. The second kappa shape index (κ2) is 6.14. The van der Waals surface area contributed by atoms with Crippen LogP contribution >= 0.6 is 0 Å². The van der Waals surface area contributed by atoms with E-state index in [0.29, 0.717) is 0 Å². The molecule has 7 heteroatoms. The molecule has 0 atom stereocenters. The lowest BCUT2D eigenvalue weighted by Gasteiger charge is -2.23. The van der Waals surface area contributed by atoms with Crippen LogP contribution in [-0.4, -0.2) is 28.9 Å². The summed E-state index contributed by atoms with van der Waals surface area (Å²) in [5.74, 6) is -1.30. The van der Waals surface area contributed by atoms with Crippen LogP contribution in [-0.2, 0) is 9.53 Å². The quantitative estimate of drug-likeness (QED) is 0.502. The standard InChI is InChI=1S/C13H16N2O5/c1-4-20-12(17)13(2,3)14-11(16)9-7-5-6-8-10(9)15(18)19/h5-8H,4H2,1-3H3,(H,14,16). The van der Waals surface area contributed by atoms with E-state index in [2.05, 4.69) is 5.32 Å². The molecule has 0 aromatic heterocycles. The Morgan fingerprint density at radius 3 is 2.50 bits per heavy atom. The van der Waals surface area contributed by atoms with E-state index in [1.807, 2.05) is 0 Å². The van der Waals surface area contributed by atoms with Crippen molar-refractivity contribution >= 4 is 17.6 Å². The Morgan fingerprint density at radius 1 is 1.35 bits per heavy atom. The predicted molar refractivity (Wildman–Crippen MR) is 71.3 cm³/mol. The molecule has 0 aliphatic carbocycles. The topological polar surface area (TPSA) is 98.5 Å². The number of nitro benzene ring substituents is 1. The minimum absolute atomic E-state index is 0.102. The van der Waals surface area contributed by atoms with Crippen LogP contribution in [0.5, 0.6) is 0 Å². The zero-order valence-corrected chi connectivity index (χ0v) is 11.5. The van der Waals surface area contributed by atoms with E-state index in [-0.39, 0.29) is 17.9 Å². The highest BCUT2D eigenvalue weighted by molar-refractivity contribution is 6.00. The van der Waals surface area contributed by atoms with Gasteiger partial charge in [0.15, 0.2) is 0 Å². The van der Waals surface area contributed by atoms with Gasteiger partial charge in [-0.25, -0.2) is 4.79 Å². The fraction of sp³-hybridized carbons (Fsp3) is 0.385. The summed E-state index contributed by atoms with van der Waals surface area (Å²) in [5, 5.41) is 13.3. The molecule has 0 aliphatic rings. The molecule has 0 aliphatic heterocycles. The van der Waals surface area contributed by atoms with E-state index in [9.17, 15) is 19.7 Å². The number of ether oxygens (including phenoxy) is 1. The summed E-state index contributed by atoms with van der Waals surface area (Å²) < 4.78 is 4.83. The first-order valence-corrected chi connectivity index (χ1v) is 6.02. The molecule has 1 N–H and O–H groups in total. The lowest BCUT2D eigenvalue weighted by molar-refractivity contribution is -0.385. The molecule has 7 nitrogen and oxygen atoms in total. The number of carbonyl (C=O) groups excluding carboxylic acids is 2. The van der Waals surface area contributed by atoms with Crippen molar-refractivity contribution < 1.29 is 19.2 Å². The fourth-order valence-electron chi connectivity index (χ4n) is 1.54. The van der Waals surface area contributed by atoms with E-state index >= 15 is 0 Å². The first kappa shape index (κ1) is 15.6. The van der Waals surface area contributed by atoms with Gasteiger partial charge in [0.1, 0.15) is 11.1 Å². The molecule has 20 heavy (non-hydrogen) atoms. The number of para-hydroxylation sites is 1. The van der Waals surface area contributed by atoms with Gasteiger partial charge in [-0.2, -0.15) is 0 Å². The van der Waals surface area contributed by atoms with E-state index in [0.717, 1.165) is 0 Å². The summed E-state index contributed by atoms with van der Waals surface area (Å²) in [6.45, 7) is 4.77. The number of benzene rings is 1. The van der Waals surface area contributed by atoms with Crippen LogP contribution in [0.15, 0.2) is 24.3 Å². The van der Waals surface area contributed by atoms with Crippen LogP contribution in [0.25, 0.3) is 0 Å². The van der Waals surface area contributed by atoms with Gasteiger partial charge in [-0.1, -0.05) is 12.1 Å². The molecule has 0 radical (unpaired) electrons. The molecule has 0 unspecified atom stereocenters. The van der Waals surface area contributed by atoms with Gasteiger partial charge in [-0.15, -0.1) is 0 Å². The summed E-state index contributed by atoms with van der Waals surface area (Å²) in [5.41, 5.74) is -1.68. The van der Waals surface area contributed by atoms with Gasteiger partial charge in [-0.3, -0.25) is 14.9 Å². The van der Waals surface area contributed by atoms with Gasteiger partial charge in [0.25, 0.3) is 11.6 Å². The molecule has 1 aromatic carbocycles. The van der Waals surface area contributed by atoms with Crippen molar-refractivity contribution in [3.05, 3.63) is 39.9 Å². The maximum atomic E-state index is 12.1. The summed E-state index contributed by atoms with van der Waals surface area (Å²) >= 11 is 0. The zero-order valence-electron chi connectivity index (χ0n) is 11.5. The average molecular weight is 280 g/mol. The third kappa shape index (κ3) is 3.53. The number of carbonyl (C=O) groups is 2. The molecule has 0 saturated carbocycles. The summed E-state index contributed by atoms with van der Waals surface area (Å²) in [6.07, 6.45) is 0. The van der Waals surface area contributed by atoms with Crippen LogP contribution < -0.4 is 5.32 Å². The van der Waals surface area contributed by atoms with Crippen LogP contribution in [0.4, 0.5) is 5.69 Å². The molecule has 108 valence electrons. The van der Waals surface area contributed by atoms with Gasteiger partial charge >= 0.3 is 5.97 Å². The lowest BCUT2D eigenvalue weighted by atomic mass is 10.0. The Balaban J connectivity index is 2.97. The van der Waals surface area contributed by atoms with Gasteiger partial charge in [-0.05, 0) is 26.8 Å². The monoisotopic (exact) mass is 280 g/mol. The number of hydrogen-bond acceptors (Lipinski definition) is 5. The molecule has 0 heterocycles. The largest absolute Gasteiger partial charge is 0.464 e. The number of esters is 1. The lowest BCUT2D eigenvalue weighted by Crippen LogP contribution is -2.50. The van der Waals surface area contributed by atoms with Crippen molar-refractivity contribution in [1.82, 2.24) is 5.32 Å². The SMILES string of the molecule is CCOC(=O)C(C)(C)NC(=O)c1ccccc1[N+](=O)[O-]. The Kier molecular flexibility index (Phi) is 4.79. The predicted octanol–water partition coefficient (Wildman–Crippen LogP) is 1.67. The highest BCUT2D eigenvalue weighted by Crippen LogP contribution is 2.18. The fourth-order valence-corrected chi connectivity index (χ4v) is 1.54. The van der Waals surface area contributed by atoms with Crippen molar-refractivity contribution in [3.63, 3.8) is 0 Å². The average Bonchev–Trinajstić information content (AvgIpc) is 2.38. The highest BCUT2D eigenvalue weighted by atomic mass is 16.6. The summed E-state index contributed by atoms with van der Waals surface area (Å²) in [4.78, 5) is 34.0. The third-order valence-electron chi connectivity index (χ3n) is 2.56. The molecule has 1 amide bonds. The van der Waals surface area contributed by atoms with Gasteiger partial charge in [0.05, 0.1) is 11.5 Å². The maximum absolute atomic E-state index is 12.1. The number of rotatable bonds is 5. The summed E-state index contributed by atoms with van der Waals surface area (Å²) in [7, 11) is 0. The van der Waals surface area contributed by atoms with Gasteiger partial charge in [0.2, 0.25) is 0 Å². The Bertz CT molecular complexity index is 539. The van der Waals surface area contributed by atoms with Crippen molar-refractivity contribution in [2.75, 3.05) is 6.61 Å². The maximum Gasteiger partial charge on any atom is 0.331 e. The first-order valence-electron chi connectivity index (χ1n) is 6.02. The number of amides is 1. The Hall–Kier alpha value is -2.44. The number of nitrogens with one attached hydrogen (secondary N) is 1. The molecule has 1 aromatic rings. The normalized spacial score (nSPS) is 10.8. The molecular formula is C13H16N2O5. The Morgan fingerprint density at radius 2 is 1.95 bits per heavy atom.